The Balaban J connectivity index is 2.30. The second-order valence-corrected chi connectivity index (χ2v) is 6.64. The van der Waals surface area contributed by atoms with Crippen molar-refractivity contribution in [2.24, 2.45) is 5.73 Å². The number of pyridine rings is 1. The van der Waals surface area contributed by atoms with Gasteiger partial charge in [0.25, 0.3) is 0 Å². The van der Waals surface area contributed by atoms with Crippen molar-refractivity contribution >= 4 is 33.7 Å². The average molecular weight is 322 g/mol. The molecule has 0 atom stereocenters. The number of hydrogen-bond donors (Lipinski definition) is 1. The van der Waals surface area contributed by atoms with Crippen LogP contribution in [0, 0.1) is 0 Å². The number of ether oxygens (including phenoxy) is 1. The molecule has 24 heavy (non-hydrogen) atoms. The zero-order chi connectivity index (χ0) is 17.5. The van der Waals surface area contributed by atoms with E-state index in [-0.39, 0.29) is 11.1 Å². The molecule has 0 aliphatic rings. The summed E-state index contributed by atoms with van der Waals surface area (Å²) in [6, 6.07) is 12.5. The van der Waals surface area contributed by atoms with E-state index in [4.69, 9.17) is 10.5 Å². The van der Waals surface area contributed by atoms with Gasteiger partial charge in [0.1, 0.15) is 5.60 Å². The molecule has 0 fully saturated rings. The molecule has 0 saturated heterocycles. The van der Waals surface area contributed by atoms with Crippen LogP contribution in [0.1, 0.15) is 41.5 Å². The Morgan fingerprint density at radius 3 is 2.42 bits per heavy atom. The molecule has 5 heteroatoms. The number of benzene rings is 2. The van der Waals surface area contributed by atoms with Crippen molar-refractivity contribution < 1.29 is 14.3 Å². The highest BCUT2D eigenvalue weighted by Gasteiger charge is 2.21. The van der Waals surface area contributed by atoms with E-state index in [1.54, 1.807) is 26.8 Å². The number of para-hydroxylation sites is 1. The molecule has 0 aliphatic carbocycles. The van der Waals surface area contributed by atoms with E-state index in [0.717, 1.165) is 10.9 Å². The van der Waals surface area contributed by atoms with E-state index in [1.807, 2.05) is 30.3 Å². The van der Waals surface area contributed by atoms with Crippen LogP contribution in [0.3, 0.4) is 0 Å². The number of nitrogens with zero attached hydrogens (tertiary/aromatic N) is 1. The maximum atomic E-state index is 12.6. The van der Waals surface area contributed by atoms with Gasteiger partial charge in [0.15, 0.2) is 0 Å². The smallest absolute Gasteiger partial charge is 0.339 e. The van der Waals surface area contributed by atoms with Gasteiger partial charge in [0.2, 0.25) is 5.91 Å². The Kier molecular flexibility index (Phi) is 3.72. The first kappa shape index (κ1) is 15.9. The number of nitrogens with two attached hydrogens (primary N) is 1. The normalized spacial score (nSPS) is 11.6. The highest BCUT2D eigenvalue weighted by molar-refractivity contribution is 6.10. The minimum atomic E-state index is -0.642. The van der Waals surface area contributed by atoms with Gasteiger partial charge in [-0.25, -0.2) is 9.78 Å². The van der Waals surface area contributed by atoms with E-state index in [1.165, 1.54) is 6.07 Å². The zero-order valence-corrected chi connectivity index (χ0v) is 13.8. The lowest BCUT2D eigenvalue weighted by Gasteiger charge is -2.20. The molecule has 122 valence electrons. The Bertz CT molecular complexity index is 971. The molecule has 1 aromatic heterocycles. The fourth-order valence-electron chi connectivity index (χ4n) is 2.52. The Morgan fingerprint density at radius 1 is 1.04 bits per heavy atom. The molecule has 0 saturated carbocycles. The summed E-state index contributed by atoms with van der Waals surface area (Å²) in [6.07, 6.45) is 0. The molecule has 0 spiro atoms. The number of carbonyl (C=O) groups is 2. The van der Waals surface area contributed by atoms with Gasteiger partial charge in [0, 0.05) is 16.3 Å². The molecule has 2 N–H and O–H groups in total. The minimum absolute atomic E-state index is 0.228. The van der Waals surface area contributed by atoms with E-state index in [9.17, 15) is 9.59 Å². The van der Waals surface area contributed by atoms with Gasteiger partial charge in [0.05, 0.1) is 16.6 Å². The third-order valence-electron chi connectivity index (χ3n) is 3.54. The summed E-state index contributed by atoms with van der Waals surface area (Å²) in [5.74, 6) is -1.12. The van der Waals surface area contributed by atoms with Crippen LogP contribution in [-0.4, -0.2) is 22.5 Å². The van der Waals surface area contributed by atoms with Crippen LogP contribution in [0.25, 0.3) is 21.8 Å². The molecular formula is C19H18N2O3. The fraction of sp³-hybridized carbons (Fsp3) is 0.211. The summed E-state index contributed by atoms with van der Waals surface area (Å²) >= 11 is 0. The van der Waals surface area contributed by atoms with Gasteiger partial charge in [-0.1, -0.05) is 18.2 Å². The van der Waals surface area contributed by atoms with Crippen LogP contribution in [0.15, 0.2) is 42.5 Å². The molecule has 0 bridgehead atoms. The quantitative estimate of drug-likeness (QED) is 0.579. The first-order valence-corrected chi connectivity index (χ1v) is 7.61. The van der Waals surface area contributed by atoms with Gasteiger partial charge in [-0.2, -0.15) is 0 Å². The van der Waals surface area contributed by atoms with Gasteiger partial charge in [-0.3, -0.25) is 4.79 Å². The van der Waals surface area contributed by atoms with E-state index < -0.39 is 17.5 Å². The maximum absolute atomic E-state index is 12.6. The highest BCUT2D eigenvalue weighted by Crippen LogP contribution is 2.26. The summed E-state index contributed by atoms with van der Waals surface area (Å²) in [5.41, 5.74) is 6.58. The second kappa shape index (κ2) is 5.60. The largest absolute Gasteiger partial charge is 0.456 e. The van der Waals surface area contributed by atoms with E-state index in [2.05, 4.69) is 4.98 Å². The third-order valence-corrected chi connectivity index (χ3v) is 3.54. The van der Waals surface area contributed by atoms with Crippen LogP contribution < -0.4 is 5.73 Å². The van der Waals surface area contributed by atoms with Gasteiger partial charge in [-0.15, -0.1) is 0 Å². The van der Waals surface area contributed by atoms with Crippen molar-refractivity contribution in [2.75, 3.05) is 0 Å². The summed E-state index contributed by atoms with van der Waals surface area (Å²) in [5, 5.41) is 1.54. The lowest BCUT2D eigenvalue weighted by Crippen LogP contribution is -2.24. The molecular weight excluding hydrogens is 304 g/mol. The number of esters is 1. The molecule has 2 aromatic carbocycles. The van der Waals surface area contributed by atoms with Crippen molar-refractivity contribution in [1.82, 2.24) is 4.98 Å². The SMILES string of the molecule is CC(C)(C)OC(=O)c1cc(C(N)=O)cc2nc3ccccc3cc12. The summed E-state index contributed by atoms with van der Waals surface area (Å²) < 4.78 is 5.46. The van der Waals surface area contributed by atoms with Gasteiger partial charge >= 0.3 is 5.97 Å². The minimum Gasteiger partial charge on any atom is -0.456 e. The molecule has 0 radical (unpaired) electrons. The number of hydrogen-bond acceptors (Lipinski definition) is 4. The average Bonchev–Trinajstić information content (AvgIpc) is 2.50. The third kappa shape index (κ3) is 3.06. The van der Waals surface area contributed by atoms with Gasteiger partial charge in [-0.05, 0) is 45.0 Å². The monoisotopic (exact) mass is 322 g/mol. The van der Waals surface area contributed by atoms with Crippen molar-refractivity contribution in [1.29, 1.82) is 0 Å². The second-order valence-electron chi connectivity index (χ2n) is 6.64. The molecule has 1 amide bonds. The highest BCUT2D eigenvalue weighted by atomic mass is 16.6. The lowest BCUT2D eigenvalue weighted by atomic mass is 10.0. The van der Waals surface area contributed by atoms with Crippen LogP contribution in [-0.2, 0) is 4.74 Å². The first-order chi connectivity index (χ1) is 11.2. The molecule has 3 rings (SSSR count). The Morgan fingerprint density at radius 2 is 1.75 bits per heavy atom. The number of rotatable bonds is 2. The zero-order valence-electron chi connectivity index (χ0n) is 13.8. The Labute approximate surface area is 139 Å². The Hall–Kier alpha value is -2.95. The number of fused-ring (bicyclic) bond motifs is 2. The number of aromatic nitrogens is 1. The number of carbonyl (C=O) groups excluding carboxylic acids is 2. The topological polar surface area (TPSA) is 82.3 Å². The first-order valence-electron chi connectivity index (χ1n) is 7.61. The summed E-state index contributed by atoms with van der Waals surface area (Å²) in [4.78, 5) is 28.7. The van der Waals surface area contributed by atoms with Crippen LogP contribution in [0.5, 0.6) is 0 Å². The molecule has 3 aromatic rings. The molecule has 0 unspecified atom stereocenters. The molecule has 1 heterocycles. The summed E-state index contributed by atoms with van der Waals surface area (Å²) in [7, 11) is 0. The molecule has 0 aliphatic heterocycles. The van der Waals surface area contributed by atoms with Crippen LogP contribution in [0.4, 0.5) is 0 Å². The fourth-order valence-corrected chi connectivity index (χ4v) is 2.52. The van der Waals surface area contributed by atoms with Crippen molar-refractivity contribution in [2.45, 2.75) is 26.4 Å². The maximum Gasteiger partial charge on any atom is 0.339 e. The van der Waals surface area contributed by atoms with Crippen molar-refractivity contribution in [3.05, 3.63) is 53.6 Å². The predicted octanol–water partition coefficient (Wildman–Crippen LogP) is 3.44. The predicted molar refractivity (Wildman–Crippen MR) is 92.9 cm³/mol. The van der Waals surface area contributed by atoms with Crippen LogP contribution >= 0.6 is 0 Å². The van der Waals surface area contributed by atoms with Crippen molar-refractivity contribution in [3.63, 3.8) is 0 Å². The number of primary amides is 1. The van der Waals surface area contributed by atoms with E-state index >= 15 is 0 Å². The van der Waals surface area contributed by atoms with E-state index in [0.29, 0.717) is 10.9 Å². The van der Waals surface area contributed by atoms with Crippen molar-refractivity contribution in [3.8, 4) is 0 Å². The lowest BCUT2D eigenvalue weighted by molar-refractivity contribution is 0.00718. The van der Waals surface area contributed by atoms with Gasteiger partial charge < -0.3 is 10.5 Å². The van der Waals surface area contributed by atoms with Crippen LogP contribution in [0.2, 0.25) is 0 Å². The standard InChI is InChI=1S/C19H18N2O3/c1-19(2,3)24-18(23)14-9-12(17(20)22)10-16-13(14)8-11-6-4-5-7-15(11)21-16/h4-10H,1-3H3,(H2,20,22). The number of amides is 1. The molecule has 5 nitrogen and oxygen atoms in total. The summed E-state index contributed by atoms with van der Waals surface area (Å²) in [6.45, 7) is 5.37.